The lowest BCUT2D eigenvalue weighted by Crippen LogP contribution is -2.35. The molecule has 0 spiro atoms. The first-order valence-corrected chi connectivity index (χ1v) is 8.30. The van der Waals surface area contributed by atoms with Crippen molar-refractivity contribution >= 4 is 11.8 Å². The van der Waals surface area contributed by atoms with Crippen LogP contribution >= 0.6 is 0 Å². The molecule has 1 fully saturated rings. The maximum absolute atomic E-state index is 10.0. The summed E-state index contributed by atoms with van der Waals surface area (Å²) in [4.78, 5) is 8.85. The quantitative estimate of drug-likeness (QED) is 0.796. The highest BCUT2D eigenvalue weighted by atomic mass is 16.3. The number of anilines is 2. The Morgan fingerprint density at radius 2 is 2.05 bits per heavy atom. The van der Waals surface area contributed by atoms with E-state index in [-0.39, 0.29) is 23.6 Å². The Labute approximate surface area is 134 Å². The molecule has 3 N–H and O–H groups in total. The number of hydrogen-bond donors (Lipinski definition) is 3. The van der Waals surface area contributed by atoms with Gasteiger partial charge in [0, 0.05) is 18.3 Å². The van der Waals surface area contributed by atoms with E-state index in [4.69, 9.17) is 0 Å². The van der Waals surface area contributed by atoms with E-state index in [1.165, 1.54) is 0 Å². The third-order valence-electron chi connectivity index (χ3n) is 4.81. The second-order valence-corrected chi connectivity index (χ2v) is 7.70. The first-order chi connectivity index (χ1) is 10.3. The topological polar surface area (TPSA) is 70.1 Å². The Morgan fingerprint density at radius 3 is 2.68 bits per heavy atom. The number of aromatic nitrogens is 2. The number of aliphatic hydroxyl groups is 1. The monoisotopic (exact) mass is 306 g/mol. The second-order valence-electron chi connectivity index (χ2n) is 7.70. The third-order valence-corrected chi connectivity index (χ3v) is 4.81. The van der Waals surface area contributed by atoms with E-state index >= 15 is 0 Å². The summed E-state index contributed by atoms with van der Waals surface area (Å²) in [5.74, 6) is 1.87. The van der Waals surface area contributed by atoms with Crippen LogP contribution in [0.4, 0.5) is 11.8 Å². The van der Waals surface area contributed by atoms with Gasteiger partial charge in [-0.15, -0.1) is 0 Å². The van der Waals surface area contributed by atoms with Gasteiger partial charge in [0.05, 0.1) is 6.10 Å². The second kappa shape index (κ2) is 6.82. The summed E-state index contributed by atoms with van der Waals surface area (Å²) in [6.45, 7) is 10.8. The Balaban J connectivity index is 1.97. The molecular formula is C17H30N4O. The third kappa shape index (κ3) is 4.57. The van der Waals surface area contributed by atoms with Crippen molar-refractivity contribution in [3.63, 3.8) is 0 Å². The average molecular weight is 306 g/mol. The van der Waals surface area contributed by atoms with E-state index in [9.17, 15) is 5.11 Å². The predicted molar refractivity (Wildman–Crippen MR) is 91.0 cm³/mol. The van der Waals surface area contributed by atoms with Crippen LogP contribution in [0, 0.1) is 11.3 Å². The van der Waals surface area contributed by atoms with E-state index < -0.39 is 0 Å². The van der Waals surface area contributed by atoms with Crippen molar-refractivity contribution in [2.24, 2.45) is 11.3 Å². The molecule has 22 heavy (non-hydrogen) atoms. The van der Waals surface area contributed by atoms with E-state index in [0.29, 0.717) is 11.9 Å². The fourth-order valence-corrected chi connectivity index (χ4v) is 2.56. The van der Waals surface area contributed by atoms with Crippen LogP contribution in [0.15, 0.2) is 12.3 Å². The predicted octanol–water partition coefficient (Wildman–Crippen LogP) is 3.28. The van der Waals surface area contributed by atoms with Gasteiger partial charge in [-0.25, -0.2) is 4.98 Å². The Kier molecular flexibility index (Phi) is 5.27. The maximum Gasteiger partial charge on any atom is 0.224 e. The van der Waals surface area contributed by atoms with Gasteiger partial charge >= 0.3 is 0 Å². The van der Waals surface area contributed by atoms with Crippen LogP contribution in [0.25, 0.3) is 0 Å². The van der Waals surface area contributed by atoms with Gasteiger partial charge in [-0.1, -0.05) is 27.7 Å². The van der Waals surface area contributed by atoms with E-state index in [1.54, 1.807) is 6.20 Å². The van der Waals surface area contributed by atoms with E-state index in [2.05, 4.69) is 55.2 Å². The number of rotatable bonds is 4. The minimum atomic E-state index is -0.216. The molecule has 0 saturated heterocycles. The highest BCUT2D eigenvalue weighted by Gasteiger charge is 2.26. The summed E-state index contributed by atoms with van der Waals surface area (Å²) in [6.07, 6.45) is 4.47. The molecule has 1 aromatic rings. The molecule has 1 saturated carbocycles. The number of nitrogens with zero attached hydrogens (tertiary/aromatic N) is 2. The van der Waals surface area contributed by atoms with Crippen LogP contribution in [0.3, 0.4) is 0 Å². The zero-order valence-electron chi connectivity index (χ0n) is 14.4. The Bertz CT molecular complexity index is 486. The molecule has 0 aromatic carbocycles. The molecule has 2 rings (SSSR count). The summed E-state index contributed by atoms with van der Waals surface area (Å²) in [5, 5.41) is 16.8. The standard InChI is InChI=1S/C17H30N4O/c1-11-6-7-13(10-14(11)22)20-15-8-9-18-16(21-15)19-12(2)17(3,4)5/h8-9,11-14,22H,6-7,10H2,1-5H3,(H2,18,19,20,21)/t11-,12+,13-,14-/m1/s1. The van der Waals surface area contributed by atoms with Crippen LogP contribution in [-0.2, 0) is 0 Å². The molecule has 1 aromatic heterocycles. The van der Waals surface area contributed by atoms with Gasteiger partial charge in [0.2, 0.25) is 5.95 Å². The van der Waals surface area contributed by atoms with Gasteiger partial charge < -0.3 is 15.7 Å². The lowest BCUT2D eigenvalue weighted by atomic mass is 9.85. The van der Waals surface area contributed by atoms with E-state index in [1.807, 2.05) is 6.07 Å². The van der Waals surface area contributed by atoms with Crippen molar-refractivity contribution in [1.82, 2.24) is 9.97 Å². The Hall–Kier alpha value is -1.36. The summed E-state index contributed by atoms with van der Waals surface area (Å²) in [6, 6.07) is 2.45. The number of hydrogen-bond acceptors (Lipinski definition) is 5. The van der Waals surface area contributed by atoms with Crippen molar-refractivity contribution < 1.29 is 5.11 Å². The van der Waals surface area contributed by atoms with Gasteiger partial charge in [0.1, 0.15) is 5.82 Å². The molecule has 0 aliphatic heterocycles. The first-order valence-electron chi connectivity index (χ1n) is 8.30. The molecule has 5 heteroatoms. The van der Waals surface area contributed by atoms with Crippen molar-refractivity contribution in [3.8, 4) is 0 Å². The molecule has 0 unspecified atom stereocenters. The van der Waals surface area contributed by atoms with Crippen molar-refractivity contribution in [2.45, 2.75) is 72.1 Å². The molecule has 0 bridgehead atoms. The molecule has 1 aliphatic carbocycles. The van der Waals surface area contributed by atoms with Gasteiger partial charge in [0.25, 0.3) is 0 Å². The van der Waals surface area contributed by atoms with Crippen LogP contribution in [-0.4, -0.2) is 33.3 Å². The highest BCUT2D eigenvalue weighted by molar-refractivity contribution is 5.41. The van der Waals surface area contributed by atoms with Crippen molar-refractivity contribution in [2.75, 3.05) is 10.6 Å². The molecule has 4 atom stereocenters. The number of aliphatic hydroxyl groups excluding tert-OH is 1. The molecule has 124 valence electrons. The minimum Gasteiger partial charge on any atom is -0.393 e. The molecule has 5 nitrogen and oxygen atoms in total. The SMILES string of the molecule is C[C@@H]1CC[C@@H](Nc2ccnc(N[C@@H](C)C(C)(C)C)n2)C[C@H]1O. The smallest absolute Gasteiger partial charge is 0.224 e. The van der Waals surface area contributed by atoms with Crippen LogP contribution in [0.5, 0.6) is 0 Å². The maximum atomic E-state index is 10.0. The minimum absolute atomic E-state index is 0.149. The normalized spacial score (nSPS) is 27.3. The average Bonchev–Trinajstić information content (AvgIpc) is 2.42. The summed E-state index contributed by atoms with van der Waals surface area (Å²) in [7, 11) is 0. The summed E-state index contributed by atoms with van der Waals surface area (Å²) < 4.78 is 0. The van der Waals surface area contributed by atoms with Crippen molar-refractivity contribution in [3.05, 3.63) is 12.3 Å². The van der Waals surface area contributed by atoms with Gasteiger partial charge in [-0.2, -0.15) is 4.98 Å². The van der Waals surface area contributed by atoms with Gasteiger partial charge in [0.15, 0.2) is 0 Å². The van der Waals surface area contributed by atoms with Crippen molar-refractivity contribution in [1.29, 1.82) is 0 Å². The zero-order valence-corrected chi connectivity index (χ0v) is 14.4. The first kappa shape index (κ1) is 17.0. The van der Waals surface area contributed by atoms with Gasteiger partial charge in [-0.3, -0.25) is 0 Å². The van der Waals surface area contributed by atoms with Crippen LogP contribution < -0.4 is 10.6 Å². The molecular weight excluding hydrogens is 276 g/mol. The molecule has 0 amide bonds. The highest BCUT2D eigenvalue weighted by Crippen LogP contribution is 2.26. The van der Waals surface area contributed by atoms with Gasteiger partial charge in [-0.05, 0) is 43.6 Å². The fraction of sp³-hybridized carbons (Fsp3) is 0.765. The van der Waals surface area contributed by atoms with Crippen LogP contribution in [0.2, 0.25) is 0 Å². The molecule has 1 aliphatic rings. The van der Waals surface area contributed by atoms with Crippen LogP contribution in [0.1, 0.15) is 53.9 Å². The zero-order chi connectivity index (χ0) is 16.3. The lowest BCUT2D eigenvalue weighted by molar-refractivity contribution is 0.0739. The fourth-order valence-electron chi connectivity index (χ4n) is 2.56. The largest absolute Gasteiger partial charge is 0.393 e. The molecule has 1 heterocycles. The molecule has 0 radical (unpaired) electrons. The summed E-state index contributed by atoms with van der Waals surface area (Å²) >= 11 is 0. The number of nitrogens with one attached hydrogen (secondary N) is 2. The Morgan fingerprint density at radius 1 is 1.32 bits per heavy atom. The lowest BCUT2D eigenvalue weighted by Gasteiger charge is -2.32. The van der Waals surface area contributed by atoms with E-state index in [0.717, 1.165) is 25.1 Å². The summed E-state index contributed by atoms with van der Waals surface area (Å²) in [5.41, 5.74) is 0.149.